The fourth-order valence-electron chi connectivity index (χ4n) is 2.92. The van der Waals surface area contributed by atoms with Crippen LogP contribution in [-0.2, 0) is 20.8 Å². The molecule has 0 aliphatic heterocycles. The number of benzene rings is 2. The number of fused-ring (bicyclic) bond motifs is 2. The van der Waals surface area contributed by atoms with Gasteiger partial charge in [0.15, 0.2) is 0 Å². The van der Waals surface area contributed by atoms with Gasteiger partial charge in [0, 0.05) is 6.20 Å². The van der Waals surface area contributed by atoms with E-state index in [9.17, 15) is 0 Å². The van der Waals surface area contributed by atoms with Gasteiger partial charge < -0.3 is 4.57 Å². The largest absolute Gasteiger partial charge is 0.335 e. The summed E-state index contributed by atoms with van der Waals surface area (Å²) in [6.07, 6.45) is 12.1. The molecule has 1 aliphatic rings. The van der Waals surface area contributed by atoms with Crippen LogP contribution >= 0.6 is 17.0 Å². The molecular weight excluding hydrogens is 440 g/mol. The van der Waals surface area contributed by atoms with Gasteiger partial charge in [0.25, 0.3) is 0 Å². The van der Waals surface area contributed by atoms with E-state index in [0.717, 1.165) is 6.42 Å². The van der Waals surface area contributed by atoms with Crippen LogP contribution in [-0.4, -0.2) is 4.57 Å². The Morgan fingerprint density at radius 3 is 2.35 bits per heavy atom. The van der Waals surface area contributed by atoms with Gasteiger partial charge in [0.1, 0.15) is 0 Å². The molecule has 0 N–H and O–H groups in total. The number of rotatable bonds is 1. The average molecular weight is 458 g/mol. The van der Waals surface area contributed by atoms with E-state index in [4.69, 9.17) is 17.0 Å². The van der Waals surface area contributed by atoms with Crippen LogP contribution in [0.5, 0.6) is 0 Å². The van der Waals surface area contributed by atoms with E-state index < -0.39 is 20.8 Å². The van der Waals surface area contributed by atoms with Crippen molar-refractivity contribution in [3.8, 4) is 5.69 Å². The van der Waals surface area contributed by atoms with E-state index in [1.165, 1.54) is 27.4 Å². The zero-order valence-corrected chi connectivity index (χ0v) is 18.0. The topological polar surface area (TPSA) is 4.93 Å². The van der Waals surface area contributed by atoms with Crippen LogP contribution in [0.15, 0.2) is 91.2 Å². The minimum Gasteiger partial charge on any atom is -0.335 e. The molecule has 0 atom stereocenters. The summed E-state index contributed by atoms with van der Waals surface area (Å²) in [5, 5.41) is 3.87. The van der Waals surface area contributed by atoms with E-state index in [0.29, 0.717) is 0 Å². The van der Waals surface area contributed by atoms with E-state index in [-0.39, 0.29) is 0 Å². The third kappa shape index (κ3) is 4.83. The van der Waals surface area contributed by atoms with Crippen LogP contribution in [0.4, 0.5) is 0 Å². The number of aromatic nitrogens is 1. The molecule has 1 heterocycles. The van der Waals surface area contributed by atoms with Crippen molar-refractivity contribution in [1.29, 1.82) is 0 Å². The van der Waals surface area contributed by atoms with Crippen molar-refractivity contribution < 1.29 is 20.8 Å². The zero-order chi connectivity index (χ0) is 18.2. The maximum atomic E-state index is 4.93. The fourth-order valence-corrected chi connectivity index (χ4v) is 2.92. The summed E-state index contributed by atoms with van der Waals surface area (Å²) in [5.74, 6) is 0. The van der Waals surface area contributed by atoms with Crippen LogP contribution in [0.25, 0.3) is 27.4 Å². The van der Waals surface area contributed by atoms with Crippen molar-refractivity contribution in [3.63, 3.8) is 0 Å². The predicted molar refractivity (Wildman–Crippen MR) is 110 cm³/mol. The minimum absolute atomic E-state index is 0.826. The van der Waals surface area contributed by atoms with Crippen LogP contribution in [0.2, 0.25) is 0 Å². The number of nitrogens with zero attached hydrogens (tertiary/aromatic N) is 1. The smallest absolute Gasteiger partial charge is 0.0511 e. The van der Waals surface area contributed by atoms with Gasteiger partial charge in [-0.3, -0.25) is 6.08 Å². The molecule has 1 aliphatic carbocycles. The molecule has 0 amide bonds. The maximum absolute atomic E-state index is 4.93. The van der Waals surface area contributed by atoms with Crippen molar-refractivity contribution in [3.05, 3.63) is 97.2 Å². The summed E-state index contributed by atoms with van der Waals surface area (Å²) >= 11 is -0.826. The minimum atomic E-state index is -0.826. The van der Waals surface area contributed by atoms with Gasteiger partial charge in [-0.25, -0.2) is 12.2 Å². The quantitative estimate of drug-likeness (QED) is 0.267. The van der Waals surface area contributed by atoms with E-state index >= 15 is 0 Å². The third-order valence-electron chi connectivity index (χ3n) is 4.07. The summed E-state index contributed by atoms with van der Waals surface area (Å²) in [5.41, 5.74) is 2.49. The van der Waals surface area contributed by atoms with E-state index in [2.05, 4.69) is 89.6 Å². The Balaban J connectivity index is 0.000000207. The second-order valence-corrected chi connectivity index (χ2v) is 9.39. The number of hydrogen-bond acceptors (Lipinski definition) is 0. The Morgan fingerprint density at radius 2 is 1.69 bits per heavy atom. The first-order valence-electron chi connectivity index (χ1n) is 8.23. The molecule has 128 valence electrons. The normalized spacial score (nSPS) is 11.6. The number of hydrogen-bond donors (Lipinski definition) is 0. The fraction of sp³-hybridized carbons (Fsp3) is 0.0455. The SMILES string of the molecule is [C-]1=CC=CC1.[Cl][Zr+2][Cl].c1ccc2[cH-]c(-n3ccc4ccccc43)cc2c1. The molecule has 0 bridgehead atoms. The Hall–Kier alpha value is -1.47. The Kier molecular flexibility index (Phi) is 7.44. The Morgan fingerprint density at radius 1 is 0.962 bits per heavy atom. The van der Waals surface area contributed by atoms with E-state index in [1.54, 1.807) is 0 Å². The van der Waals surface area contributed by atoms with Gasteiger partial charge in [-0.1, -0.05) is 24.3 Å². The first kappa shape index (κ1) is 19.3. The summed E-state index contributed by atoms with van der Waals surface area (Å²) in [4.78, 5) is 0. The average Bonchev–Trinajstić information content (AvgIpc) is 3.42. The molecule has 26 heavy (non-hydrogen) atoms. The Labute approximate surface area is 172 Å². The Bertz CT molecular complexity index is 984. The number of halogens is 2. The van der Waals surface area contributed by atoms with Crippen LogP contribution < -0.4 is 0 Å². The second kappa shape index (κ2) is 10.0. The van der Waals surface area contributed by atoms with Gasteiger partial charge in [-0.15, -0.1) is 47.5 Å². The van der Waals surface area contributed by atoms with Gasteiger partial charge >= 0.3 is 37.9 Å². The van der Waals surface area contributed by atoms with Crippen molar-refractivity contribution in [1.82, 2.24) is 4.57 Å². The molecule has 5 rings (SSSR count). The number of allylic oxidation sites excluding steroid dienone is 4. The van der Waals surface area contributed by atoms with Crippen molar-refractivity contribution in [2.75, 3.05) is 0 Å². The van der Waals surface area contributed by atoms with Gasteiger partial charge in [-0.05, 0) is 23.2 Å². The third-order valence-corrected chi connectivity index (χ3v) is 4.07. The summed E-state index contributed by atoms with van der Waals surface area (Å²) in [7, 11) is 9.87. The molecule has 0 fully saturated rings. The monoisotopic (exact) mass is 455 g/mol. The molecular formula is C22H17Cl2NZr. The predicted octanol–water partition coefficient (Wildman–Crippen LogP) is 7.18. The summed E-state index contributed by atoms with van der Waals surface area (Å²) in [6.45, 7) is 0. The molecule has 0 saturated carbocycles. The van der Waals surface area contributed by atoms with E-state index in [1.807, 2.05) is 12.2 Å². The standard InChI is InChI=1S/C17H12N.C5H5.2ClH.Zr/c1-2-7-15-12-16(11-14(15)6-1)18-10-9-13-5-3-4-8-17(13)18;1-2-4-5-3-1;;;/h1-12H;1-3H,4H2;2*1H;/q2*-1;;;+4/p-2. The summed E-state index contributed by atoms with van der Waals surface area (Å²) in [6, 6.07) is 23.6. The number of para-hydroxylation sites is 1. The van der Waals surface area contributed by atoms with Crippen LogP contribution in [0.3, 0.4) is 0 Å². The molecule has 0 saturated heterocycles. The zero-order valence-electron chi connectivity index (χ0n) is 14.1. The van der Waals surface area contributed by atoms with Crippen LogP contribution in [0, 0.1) is 6.08 Å². The van der Waals surface area contributed by atoms with Crippen molar-refractivity contribution >= 4 is 38.7 Å². The van der Waals surface area contributed by atoms with Gasteiger partial charge in [0.05, 0.1) is 5.52 Å². The molecule has 0 unspecified atom stereocenters. The summed E-state index contributed by atoms with van der Waals surface area (Å²) < 4.78 is 2.25. The first-order valence-corrected chi connectivity index (χ1v) is 14.6. The molecule has 4 aromatic rings. The van der Waals surface area contributed by atoms with Crippen molar-refractivity contribution in [2.24, 2.45) is 0 Å². The van der Waals surface area contributed by atoms with Crippen LogP contribution in [0.1, 0.15) is 6.42 Å². The molecule has 1 aromatic heterocycles. The molecule has 4 heteroatoms. The van der Waals surface area contributed by atoms with Gasteiger partial charge in [0.2, 0.25) is 0 Å². The maximum Gasteiger partial charge on any atom is 0.0511 e. The second-order valence-electron chi connectivity index (χ2n) is 5.66. The molecule has 0 spiro atoms. The molecule has 1 nitrogen and oxygen atoms in total. The molecule has 3 aromatic carbocycles. The van der Waals surface area contributed by atoms with Crippen molar-refractivity contribution in [2.45, 2.75) is 6.42 Å². The molecule has 0 radical (unpaired) electrons. The first-order chi connectivity index (χ1) is 12.8. The van der Waals surface area contributed by atoms with Gasteiger partial charge in [-0.2, -0.15) is 6.08 Å².